The van der Waals surface area contributed by atoms with Gasteiger partial charge in [-0.15, -0.1) is 0 Å². The number of allylic oxidation sites excluding steroid dienone is 12. The average molecular weight is 904 g/mol. The standard InChI is InChI=1S/C53H94NO8P/c1-3-5-7-9-11-13-15-17-19-21-22-23-24-25-26-27-28-30-31-33-35-37-39-41-43-45-52(55)59-49-51(50-61-63(57,58)60-48-47-54)62-53(56)46-44-42-40-38-36-34-32-29-20-18-16-14-12-10-8-6-4-2/h6,8,12,14,18,20-22,32,34,38,40,51H,3-5,7,9-11,13,15-17,19,23-31,33,35-37,39,41-50,54H2,1-2H3,(H,57,58)/b8-6-,14-12-,20-18-,22-21-,34-32-,40-38-. The number of phosphoric ester groups is 1. The van der Waals surface area contributed by atoms with Crippen LogP contribution in [0.3, 0.4) is 0 Å². The van der Waals surface area contributed by atoms with Crippen molar-refractivity contribution in [3.8, 4) is 0 Å². The van der Waals surface area contributed by atoms with Crippen molar-refractivity contribution in [2.24, 2.45) is 5.73 Å². The van der Waals surface area contributed by atoms with Gasteiger partial charge in [0.05, 0.1) is 13.2 Å². The summed E-state index contributed by atoms with van der Waals surface area (Å²) in [4.78, 5) is 35.0. The van der Waals surface area contributed by atoms with Crippen molar-refractivity contribution >= 4 is 19.8 Å². The molecular weight excluding hydrogens is 810 g/mol. The molecule has 10 heteroatoms. The van der Waals surface area contributed by atoms with Gasteiger partial charge < -0.3 is 20.1 Å². The van der Waals surface area contributed by atoms with Gasteiger partial charge in [0.15, 0.2) is 6.10 Å². The second kappa shape index (κ2) is 48.9. The zero-order chi connectivity index (χ0) is 46.0. The zero-order valence-corrected chi connectivity index (χ0v) is 41.2. The van der Waals surface area contributed by atoms with Crippen LogP contribution >= 0.6 is 7.82 Å². The number of unbranched alkanes of at least 4 members (excludes halogenated alkanes) is 22. The van der Waals surface area contributed by atoms with E-state index in [0.717, 1.165) is 51.4 Å². The molecule has 0 aromatic carbocycles. The molecule has 2 atom stereocenters. The van der Waals surface area contributed by atoms with Crippen LogP contribution in [0.4, 0.5) is 0 Å². The van der Waals surface area contributed by atoms with Crippen LogP contribution < -0.4 is 5.73 Å². The molecule has 9 nitrogen and oxygen atoms in total. The number of carbonyl (C=O) groups is 2. The van der Waals surface area contributed by atoms with Crippen molar-refractivity contribution in [2.75, 3.05) is 26.4 Å². The Balaban J connectivity index is 4.07. The number of nitrogens with two attached hydrogens (primary N) is 1. The lowest BCUT2D eigenvalue weighted by Gasteiger charge is -2.19. The summed E-state index contributed by atoms with van der Waals surface area (Å²) < 4.78 is 32.8. The minimum atomic E-state index is -4.40. The van der Waals surface area contributed by atoms with Gasteiger partial charge in [-0.1, -0.05) is 202 Å². The van der Waals surface area contributed by atoms with Crippen molar-refractivity contribution in [2.45, 2.75) is 225 Å². The summed E-state index contributed by atoms with van der Waals surface area (Å²) in [5, 5.41) is 0. The molecule has 0 bridgehead atoms. The summed E-state index contributed by atoms with van der Waals surface area (Å²) in [5.41, 5.74) is 5.36. The van der Waals surface area contributed by atoms with E-state index in [1.54, 1.807) is 0 Å². The summed E-state index contributed by atoms with van der Waals surface area (Å²) in [6.07, 6.45) is 61.0. The summed E-state index contributed by atoms with van der Waals surface area (Å²) in [7, 11) is -4.40. The van der Waals surface area contributed by atoms with E-state index in [1.165, 1.54) is 128 Å². The normalized spacial score (nSPS) is 13.8. The van der Waals surface area contributed by atoms with E-state index in [9.17, 15) is 19.0 Å². The molecule has 0 aliphatic rings. The van der Waals surface area contributed by atoms with Gasteiger partial charge in [-0.3, -0.25) is 18.6 Å². The van der Waals surface area contributed by atoms with Crippen molar-refractivity contribution in [1.82, 2.24) is 0 Å². The van der Waals surface area contributed by atoms with E-state index < -0.39 is 32.5 Å². The second-order valence-corrected chi connectivity index (χ2v) is 18.1. The SMILES string of the molecule is CC/C=C\C/C=C\C/C=C\C/C=C\C/C=C\CCCC(=O)OC(COC(=O)CCCCCCCCCCCCCCC/C=C\CCCCCCCCCC)COP(=O)(O)OCCN. The third kappa shape index (κ3) is 48.7. The van der Waals surface area contributed by atoms with Crippen LogP contribution in [0.2, 0.25) is 0 Å². The number of phosphoric acid groups is 1. The third-order valence-corrected chi connectivity index (χ3v) is 11.6. The molecular formula is C53H94NO8P. The van der Waals surface area contributed by atoms with Gasteiger partial charge in [-0.05, 0) is 77.0 Å². The van der Waals surface area contributed by atoms with Crippen LogP contribution in [0.15, 0.2) is 72.9 Å². The van der Waals surface area contributed by atoms with E-state index in [4.69, 9.17) is 24.3 Å². The minimum Gasteiger partial charge on any atom is -0.462 e. The monoisotopic (exact) mass is 904 g/mol. The van der Waals surface area contributed by atoms with Crippen molar-refractivity contribution in [1.29, 1.82) is 0 Å². The maximum atomic E-state index is 12.6. The van der Waals surface area contributed by atoms with E-state index in [1.807, 2.05) is 6.08 Å². The summed E-state index contributed by atoms with van der Waals surface area (Å²) in [5.74, 6) is -0.896. The molecule has 0 aromatic heterocycles. The highest BCUT2D eigenvalue weighted by molar-refractivity contribution is 7.47. The molecule has 0 aliphatic carbocycles. The van der Waals surface area contributed by atoms with E-state index >= 15 is 0 Å². The van der Waals surface area contributed by atoms with Crippen molar-refractivity contribution in [3.63, 3.8) is 0 Å². The van der Waals surface area contributed by atoms with Crippen LogP contribution in [0.1, 0.15) is 219 Å². The Bertz CT molecular complexity index is 1260. The summed E-state index contributed by atoms with van der Waals surface area (Å²) >= 11 is 0. The lowest BCUT2D eigenvalue weighted by Crippen LogP contribution is -2.29. The number of ether oxygens (including phenoxy) is 2. The lowest BCUT2D eigenvalue weighted by atomic mass is 10.0. The molecule has 0 amide bonds. The number of hydrogen-bond acceptors (Lipinski definition) is 8. The molecule has 63 heavy (non-hydrogen) atoms. The lowest BCUT2D eigenvalue weighted by molar-refractivity contribution is -0.161. The van der Waals surface area contributed by atoms with Crippen LogP contribution in [0, 0.1) is 0 Å². The Hall–Kier alpha value is -2.55. The highest BCUT2D eigenvalue weighted by Crippen LogP contribution is 2.43. The fourth-order valence-electron chi connectivity index (χ4n) is 6.84. The zero-order valence-electron chi connectivity index (χ0n) is 40.3. The van der Waals surface area contributed by atoms with Gasteiger partial charge >= 0.3 is 19.8 Å². The van der Waals surface area contributed by atoms with Gasteiger partial charge in [0, 0.05) is 19.4 Å². The quantitative estimate of drug-likeness (QED) is 0.0265. The third-order valence-electron chi connectivity index (χ3n) is 10.6. The molecule has 0 aliphatic heterocycles. The Morgan fingerprint density at radius 3 is 1.37 bits per heavy atom. The number of rotatable bonds is 47. The summed E-state index contributed by atoms with van der Waals surface area (Å²) in [6, 6.07) is 0. The fourth-order valence-corrected chi connectivity index (χ4v) is 7.61. The molecule has 0 radical (unpaired) electrons. The molecule has 0 saturated heterocycles. The Morgan fingerprint density at radius 1 is 0.492 bits per heavy atom. The first kappa shape index (κ1) is 60.5. The van der Waals surface area contributed by atoms with Gasteiger partial charge in [-0.25, -0.2) is 4.57 Å². The van der Waals surface area contributed by atoms with Crippen LogP contribution in [-0.4, -0.2) is 49.3 Å². The molecule has 0 rings (SSSR count). The molecule has 3 N–H and O–H groups in total. The minimum absolute atomic E-state index is 0.0417. The first-order valence-corrected chi connectivity index (χ1v) is 26.9. The number of esters is 2. The second-order valence-electron chi connectivity index (χ2n) is 16.7. The highest BCUT2D eigenvalue weighted by atomic mass is 31.2. The van der Waals surface area contributed by atoms with E-state index in [-0.39, 0.29) is 32.6 Å². The Morgan fingerprint density at radius 2 is 0.889 bits per heavy atom. The topological polar surface area (TPSA) is 134 Å². The molecule has 2 unspecified atom stereocenters. The maximum absolute atomic E-state index is 12.6. The van der Waals surface area contributed by atoms with Gasteiger partial charge in [0.1, 0.15) is 6.61 Å². The van der Waals surface area contributed by atoms with Gasteiger partial charge in [-0.2, -0.15) is 0 Å². The van der Waals surface area contributed by atoms with E-state index in [0.29, 0.717) is 12.8 Å². The highest BCUT2D eigenvalue weighted by Gasteiger charge is 2.26. The van der Waals surface area contributed by atoms with Crippen molar-refractivity contribution in [3.05, 3.63) is 72.9 Å². The van der Waals surface area contributed by atoms with Crippen LogP contribution in [-0.2, 0) is 32.7 Å². The predicted molar refractivity (Wildman–Crippen MR) is 266 cm³/mol. The molecule has 0 aromatic rings. The van der Waals surface area contributed by atoms with Crippen molar-refractivity contribution < 1.29 is 37.6 Å². The summed E-state index contributed by atoms with van der Waals surface area (Å²) in [6.45, 7) is 3.57. The molecule has 0 fully saturated rings. The first-order valence-electron chi connectivity index (χ1n) is 25.4. The first-order chi connectivity index (χ1) is 30.8. The smallest absolute Gasteiger partial charge is 0.462 e. The predicted octanol–water partition coefficient (Wildman–Crippen LogP) is 15.4. The maximum Gasteiger partial charge on any atom is 0.472 e. The molecule has 0 heterocycles. The van der Waals surface area contributed by atoms with Crippen LogP contribution in [0.25, 0.3) is 0 Å². The Labute approximate surface area is 386 Å². The largest absolute Gasteiger partial charge is 0.472 e. The average Bonchev–Trinajstić information content (AvgIpc) is 3.27. The number of hydrogen-bond donors (Lipinski definition) is 2. The van der Waals surface area contributed by atoms with Gasteiger partial charge in [0.2, 0.25) is 0 Å². The fraction of sp³-hybridized carbons (Fsp3) is 0.736. The molecule has 0 spiro atoms. The van der Waals surface area contributed by atoms with E-state index in [2.05, 4.69) is 80.7 Å². The van der Waals surface area contributed by atoms with Gasteiger partial charge in [0.25, 0.3) is 0 Å². The molecule has 364 valence electrons. The Kier molecular flexibility index (Phi) is 46.9. The number of carbonyl (C=O) groups excluding carboxylic acids is 2. The van der Waals surface area contributed by atoms with Crippen LogP contribution in [0.5, 0.6) is 0 Å². The molecule has 0 saturated carbocycles.